The number of hydrogen-bond donors (Lipinski definition) is 1. The molecule has 4 rings (SSSR count). The number of nitrogens with one attached hydrogen (secondary N) is 1. The van der Waals surface area contributed by atoms with E-state index in [0.717, 1.165) is 28.5 Å². The molecule has 0 spiro atoms. The van der Waals surface area contributed by atoms with Gasteiger partial charge < -0.3 is 9.88 Å². The number of imidazole rings is 1. The SMILES string of the molecule is Cn1c(-c2ccnc(Nc3ccc(Cl)nc3)n2)cnc1-c1cccnc1. The van der Waals surface area contributed by atoms with Crippen LogP contribution < -0.4 is 5.32 Å². The van der Waals surface area contributed by atoms with Gasteiger partial charge in [0.2, 0.25) is 5.95 Å². The third-order valence-electron chi connectivity index (χ3n) is 3.81. The quantitative estimate of drug-likeness (QED) is 0.556. The second-order valence-electron chi connectivity index (χ2n) is 5.53. The Morgan fingerprint density at radius 3 is 2.65 bits per heavy atom. The number of aromatic nitrogens is 6. The molecule has 128 valence electrons. The van der Waals surface area contributed by atoms with E-state index in [2.05, 4.69) is 30.2 Å². The van der Waals surface area contributed by atoms with Crippen LogP contribution in [0.5, 0.6) is 0 Å². The van der Waals surface area contributed by atoms with Crippen molar-refractivity contribution in [2.75, 3.05) is 5.32 Å². The van der Waals surface area contributed by atoms with Crippen molar-refractivity contribution in [2.24, 2.45) is 7.05 Å². The maximum Gasteiger partial charge on any atom is 0.227 e. The molecule has 0 saturated carbocycles. The number of hydrogen-bond acceptors (Lipinski definition) is 6. The van der Waals surface area contributed by atoms with E-state index in [0.29, 0.717) is 11.1 Å². The first kappa shape index (κ1) is 16.2. The van der Waals surface area contributed by atoms with Crippen LogP contribution in [0.25, 0.3) is 22.8 Å². The molecule has 1 N–H and O–H groups in total. The normalized spacial score (nSPS) is 10.7. The summed E-state index contributed by atoms with van der Waals surface area (Å²) in [5, 5.41) is 3.55. The fourth-order valence-corrected chi connectivity index (χ4v) is 2.66. The molecule has 8 heteroatoms. The molecule has 26 heavy (non-hydrogen) atoms. The van der Waals surface area contributed by atoms with Crippen molar-refractivity contribution in [1.82, 2.24) is 29.5 Å². The van der Waals surface area contributed by atoms with Crippen molar-refractivity contribution >= 4 is 23.2 Å². The third kappa shape index (κ3) is 3.25. The molecule has 0 aliphatic carbocycles. The number of rotatable bonds is 4. The highest BCUT2D eigenvalue weighted by atomic mass is 35.5. The first-order valence-corrected chi connectivity index (χ1v) is 8.22. The van der Waals surface area contributed by atoms with Gasteiger partial charge in [-0.3, -0.25) is 4.98 Å². The summed E-state index contributed by atoms with van der Waals surface area (Å²) in [5.41, 5.74) is 3.34. The molecular formula is C18H14ClN7. The van der Waals surface area contributed by atoms with Gasteiger partial charge in [-0.25, -0.2) is 19.9 Å². The van der Waals surface area contributed by atoms with E-state index in [-0.39, 0.29) is 0 Å². The van der Waals surface area contributed by atoms with Gasteiger partial charge in [-0.1, -0.05) is 11.6 Å². The fourth-order valence-electron chi connectivity index (χ4n) is 2.55. The van der Waals surface area contributed by atoms with Gasteiger partial charge in [0.25, 0.3) is 0 Å². The molecule has 0 aliphatic heterocycles. The van der Waals surface area contributed by atoms with E-state index in [1.54, 1.807) is 37.1 Å². The zero-order chi connectivity index (χ0) is 17.9. The van der Waals surface area contributed by atoms with Crippen molar-refractivity contribution in [3.05, 3.63) is 66.5 Å². The highest BCUT2D eigenvalue weighted by Crippen LogP contribution is 2.24. The predicted octanol–water partition coefficient (Wildman–Crippen LogP) is 3.73. The monoisotopic (exact) mass is 363 g/mol. The van der Waals surface area contributed by atoms with Crippen LogP contribution in [0.2, 0.25) is 5.15 Å². The van der Waals surface area contributed by atoms with Crippen LogP contribution in [0, 0.1) is 0 Å². The molecule has 0 bridgehead atoms. The van der Waals surface area contributed by atoms with E-state index in [9.17, 15) is 0 Å². The molecule has 7 nitrogen and oxygen atoms in total. The minimum absolute atomic E-state index is 0.433. The lowest BCUT2D eigenvalue weighted by molar-refractivity contribution is 0.924. The summed E-state index contributed by atoms with van der Waals surface area (Å²) in [5.74, 6) is 1.29. The van der Waals surface area contributed by atoms with E-state index in [1.165, 1.54) is 0 Å². The summed E-state index contributed by atoms with van der Waals surface area (Å²) < 4.78 is 1.98. The number of halogens is 1. The molecule has 4 aromatic rings. The van der Waals surface area contributed by atoms with Crippen LogP contribution in [-0.2, 0) is 7.05 Å². The molecule has 0 saturated heterocycles. The van der Waals surface area contributed by atoms with Gasteiger partial charge >= 0.3 is 0 Å². The summed E-state index contributed by atoms with van der Waals surface area (Å²) in [7, 11) is 1.95. The predicted molar refractivity (Wildman–Crippen MR) is 100.0 cm³/mol. The van der Waals surface area contributed by atoms with Crippen molar-refractivity contribution < 1.29 is 0 Å². The average molecular weight is 364 g/mol. The highest BCUT2D eigenvalue weighted by Gasteiger charge is 2.12. The summed E-state index contributed by atoms with van der Waals surface area (Å²) in [4.78, 5) is 21.5. The van der Waals surface area contributed by atoms with Gasteiger partial charge in [0, 0.05) is 31.2 Å². The van der Waals surface area contributed by atoms with Gasteiger partial charge in [0.1, 0.15) is 11.0 Å². The summed E-state index contributed by atoms with van der Waals surface area (Å²) in [6, 6.07) is 9.22. The molecule has 0 aromatic carbocycles. The largest absolute Gasteiger partial charge is 0.326 e. The highest BCUT2D eigenvalue weighted by molar-refractivity contribution is 6.29. The molecule has 0 fully saturated rings. The Bertz CT molecular complexity index is 1030. The van der Waals surface area contributed by atoms with E-state index >= 15 is 0 Å². The lowest BCUT2D eigenvalue weighted by atomic mass is 10.2. The Balaban J connectivity index is 1.65. The summed E-state index contributed by atoms with van der Waals surface area (Å²) >= 11 is 5.81. The number of nitrogens with zero attached hydrogens (tertiary/aromatic N) is 6. The van der Waals surface area contributed by atoms with Crippen LogP contribution in [0.1, 0.15) is 0 Å². The fraction of sp³-hybridized carbons (Fsp3) is 0.0556. The smallest absolute Gasteiger partial charge is 0.227 e. The van der Waals surface area contributed by atoms with E-state index < -0.39 is 0 Å². The molecule has 0 amide bonds. The van der Waals surface area contributed by atoms with Gasteiger partial charge in [-0.05, 0) is 30.3 Å². The zero-order valence-corrected chi connectivity index (χ0v) is 14.6. The van der Waals surface area contributed by atoms with Gasteiger partial charge in [0.05, 0.1) is 29.5 Å². The van der Waals surface area contributed by atoms with Crippen LogP contribution in [0.3, 0.4) is 0 Å². The first-order chi connectivity index (χ1) is 12.7. The Morgan fingerprint density at radius 2 is 1.88 bits per heavy atom. The summed E-state index contributed by atoms with van der Waals surface area (Å²) in [6.45, 7) is 0. The maximum absolute atomic E-state index is 5.81. The Morgan fingerprint density at radius 1 is 0.962 bits per heavy atom. The van der Waals surface area contributed by atoms with Crippen molar-refractivity contribution in [1.29, 1.82) is 0 Å². The average Bonchev–Trinajstić information content (AvgIpc) is 3.06. The number of pyridine rings is 2. The Hall–Kier alpha value is -3.32. The molecule has 4 heterocycles. The van der Waals surface area contributed by atoms with E-state index in [4.69, 9.17) is 11.6 Å². The Labute approximate surface area is 154 Å². The van der Waals surface area contributed by atoms with Crippen molar-refractivity contribution in [3.8, 4) is 22.8 Å². The van der Waals surface area contributed by atoms with Gasteiger partial charge in [-0.2, -0.15) is 0 Å². The molecule has 0 radical (unpaired) electrons. The topological polar surface area (TPSA) is 81.4 Å². The second-order valence-corrected chi connectivity index (χ2v) is 5.92. The lowest BCUT2D eigenvalue weighted by Crippen LogP contribution is -2.01. The molecule has 0 atom stereocenters. The van der Waals surface area contributed by atoms with E-state index in [1.807, 2.05) is 35.9 Å². The van der Waals surface area contributed by atoms with Crippen LogP contribution in [0.4, 0.5) is 11.6 Å². The Kier molecular flexibility index (Phi) is 4.28. The number of anilines is 2. The summed E-state index contributed by atoms with van der Waals surface area (Å²) in [6.07, 6.45) is 8.64. The van der Waals surface area contributed by atoms with Crippen molar-refractivity contribution in [2.45, 2.75) is 0 Å². The van der Waals surface area contributed by atoms with Gasteiger partial charge in [0.15, 0.2) is 0 Å². The third-order valence-corrected chi connectivity index (χ3v) is 4.03. The van der Waals surface area contributed by atoms with Crippen molar-refractivity contribution in [3.63, 3.8) is 0 Å². The lowest BCUT2D eigenvalue weighted by Gasteiger charge is -2.08. The minimum Gasteiger partial charge on any atom is -0.326 e. The standard InChI is InChI=1S/C18H14ClN7/c1-26-15(11-23-17(26)12-3-2-7-20-9-12)14-6-8-21-18(25-14)24-13-4-5-16(19)22-10-13/h2-11H,1H3,(H,21,24,25). The first-order valence-electron chi connectivity index (χ1n) is 7.85. The molecule has 0 unspecified atom stereocenters. The van der Waals surface area contributed by atoms with Gasteiger partial charge in [-0.15, -0.1) is 0 Å². The van der Waals surface area contributed by atoms with Crippen LogP contribution >= 0.6 is 11.6 Å². The zero-order valence-electron chi connectivity index (χ0n) is 13.8. The molecular weight excluding hydrogens is 350 g/mol. The molecule has 0 aliphatic rings. The van der Waals surface area contributed by atoms with Crippen LogP contribution in [-0.4, -0.2) is 29.5 Å². The van der Waals surface area contributed by atoms with Crippen LogP contribution in [0.15, 0.2) is 61.3 Å². The molecule has 4 aromatic heterocycles. The maximum atomic E-state index is 5.81. The minimum atomic E-state index is 0.433. The second kappa shape index (κ2) is 6.89.